The zero-order chi connectivity index (χ0) is 13.9. The molecule has 0 saturated carbocycles. The van der Waals surface area contributed by atoms with Crippen molar-refractivity contribution in [1.29, 1.82) is 0 Å². The molecule has 112 valence electrons. The number of hydrogen-bond acceptors (Lipinski definition) is 4. The van der Waals surface area contributed by atoms with Crippen LogP contribution in [0.2, 0.25) is 0 Å². The monoisotopic (exact) mass is 291 g/mol. The summed E-state index contributed by atoms with van der Waals surface area (Å²) in [6, 6.07) is 0. The SMILES string of the molecule is CCC1CN(S(=O)(=O)N2CCC(CN)CC2)CCO1. The molecule has 1 atom stereocenters. The van der Waals surface area contributed by atoms with Gasteiger partial charge in [-0.05, 0) is 31.7 Å². The van der Waals surface area contributed by atoms with Crippen LogP contribution in [0.4, 0.5) is 0 Å². The van der Waals surface area contributed by atoms with E-state index < -0.39 is 10.2 Å². The Labute approximate surface area is 116 Å². The van der Waals surface area contributed by atoms with E-state index in [2.05, 4.69) is 0 Å². The molecule has 7 heteroatoms. The van der Waals surface area contributed by atoms with Gasteiger partial charge in [0.2, 0.25) is 0 Å². The number of rotatable bonds is 4. The molecule has 0 aromatic carbocycles. The van der Waals surface area contributed by atoms with Crippen LogP contribution in [-0.4, -0.2) is 62.5 Å². The molecule has 2 heterocycles. The summed E-state index contributed by atoms with van der Waals surface area (Å²) >= 11 is 0. The molecule has 19 heavy (non-hydrogen) atoms. The highest BCUT2D eigenvalue weighted by Crippen LogP contribution is 2.22. The quantitative estimate of drug-likeness (QED) is 0.792. The summed E-state index contributed by atoms with van der Waals surface area (Å²) in [5, 5.41) is 0. The van der Waals surface area contributed by atoms with E-state index in [1.54, 1.807) is 8.61 Å². The summed E-state index contributed by atoms with van der Waals surface area (Å²) in [7, 11) is -3.31. The predicted octanol–water partition coefficient (Wildman–Crippen LogP) is 0.0127. The molecular weight excluding hydrogens is 266 g/mol. The molecule has 1 unspecified atom stereocenters. The Hall–Kier alpha value is -0.210. The first-order valence-electron chi connectivity index (χ1n) is 7.14. The first-order chi connectivity index (χ1) is 9.07. The Balaban J connectivity index is 1.98. The Bertz CT molecular complexity index is 380. The van der Waals surface area contributed by atoms with Gasteiger partial charge in [0.1, 0.15) is 0 Å². The fourth-order valence-corrected chi connectivity index (χ4v) is 4.35. The molecule has 0 aliphatic carbocycles. The zero-order valence-corrected chi connectivity index (χ0v) is 12.4. The third-order valence-corrected chi connectivity index (χ3v) is 6.12. The number of nitrogens with two attached hydrogens (primary N) is 1. The van der Waals surface area contributed by atoms with Crippen LogP contribution >= 0.6 is 0 Å². The smallest absolute Gasteiger partial charge is 0.282 e. The molecule has 0 aromatic heterocycles. The first kappa shape index (κ1) is 15.2. The molecule has 2 saturated heterocycles. The predicted molar refractivity (Wildman–Crippen MR) is 73.9 cm³/mol. The first-order valence-corrected chi connectivity index (χ1v) is 8.54. The molecule has 0 amide bonds. The third-order valence-electron chi connectivity index (χ3n) is 4.12. The molecule has 2 N–H and O–H groups in total. The van der Waals surface area contributed by atoms with Crippen LogP contribution in [0, 0.1) is 5.92 Å². The number of morpholine rings is 1. The molecule has 2 fully saturated rings. The molecule has 0 aromatic rings. The maximum absolute atomic E-state index is 12.6. The number of piperidine rings is 1. The molecule has 6 nitrogen and oxygen atoms in total. The highest BCUT2D eigenvalue weighted by atomic mass is 32.2. The van der Waals surface area contributed by atoms with Gasteiger partial charge in [-0.15, -0.1) is 0 Å². The van der Waals surface area contributed by atoms with Crippen molar-refractivity contribution in [2.75, 3.05) is 39.3 Å². The second-order valence-electron chi connectivity index (χ2n) is 5.34. The van der Waals surface area contributed by atoms with Crippen molar-refractivity contribution in [3.8, 4) is 0 Å². The van der Waals surface area contributed by atoms with Crippen LogP contribution in [-0.2, 0) is 14.9 Å². The molecule has 0 bridgehead atoms. The van der Waals surface area contributed by atoms with Crippen LogP contribution in [0.15, 0.2) is 0 Å². The maximum Gasteiger partial charge on any atom is 0.282 e. The standard InChI is InChI=1S/C12H25N3O3S/c1-2-12-10-15(7-8-18-12)19(16,17)14-5-3-11(9-13)4-6-14/h11-12H,2-10,13H2,1H3. The average Bonchev–Trinajstić information content (AvgIpc) is 2.47. The van der Waals surface area contributed by atoms with Crippen molar-refractivity contribution in [2.45, 2.75) is 32.3 Å². The van der Waals surface area contributed by atoms with Crippen molar-refractivity contribution in [1.82, 2.24) is 8.61 Å². The molecule has 2 aliphatic rings. The van der Waals surface area contributed by atoms with Crippen LogP contribution in [0.5, 0.6) is 0 Å². The number of nitrogens with zero attached hydrogens (tertiary/aromatic N) is 2. The molecular formula is C12H25N3O3S. The summed E-state index contributed by atoms with van der Waals surface area (Å²) in [6.45, 7) is 5.32. The largest absolute Gasteiger partial charge is 0.375 e. The lowest BCUT2D eigenvalue weighted by Gasteiger charge is -2.37. The Morgan fingerprint density at radius 2 is 1.89 bits per heavy atom. The molecule has 2 rings (SSSR count). The van der Waals surface area contributed by atoms with Crippen LogP contribution in [0.25, 0.3) is 0 Å². The van der Waals surface area contributed by atoms with Gasteiger partial charge in [0.05, 0.1) is 12.7 Å². The topological polar surface area (TPSA) is 75.9 Å². The Kier molecular flexibility index (Phi) is 5.19. The van der Waals surface area contributed by atoms with Gasteiger partial charge >= 0.3 is 0 Å². The van der Waals surface area contributed by atoms with Crippen molar-refractivity contribution < 1.29 is 13.2 Å². The van der Waals surface area contributed by atoms with E-state index in [4.69, 9.17) is 10.5 Å². The second kappa shape index (κ2) is 6.49. The van der Waals surface area contributed by atoms with Crippen LogP contribution in [0.1, 0.15) is 26.2 Å². The van der Waals surface area contributed by atoms with Crippen LogP contribution < -0.4 is 5.73 Å². The van der Waals surface area contributed by atoms with Gasteiger partial charge in [0, 0.05) is 26.2 Å². The highest BCUT2D eigenvalue weighted by Gasteiger charge is 2.35. The summed E-state index contributed by atoms with van der Waals surface area (Å²) in [5.41, 5.74) is 5.64. The fourth-order valence-electron chi connectivity index (χ4n) is 2.69. The van der Waals surface area contributed by atoms with Crippen molar-refractivity contribution in [2.24, 2.45) is 11.7 Å². The van der Waals surface area contributed by atoms with Gasteiger partial charge in [-0.25, -0.2) is 0 Å². The minimum atomic E-state index is -3.31. The lowest BCUT2D eigenvalue weighted by Crippen LogP contribution is -2.53. The summed E-state index contributed by atoms with van der Waals surface area (Å²) in [4.78, 5) is 0. The van der Waals surface area contributed by atoms with Gasteiger partial charge in [-0.3, -0.25) is 0 Å². The maximum atomic E-state index is 12.6. The van der Waals surface area contributed by atoms with E-state index in [9.17, 15) is 8.42 Å². The van der Waals surface area contributed by atoms with E-state index in [0.29, 0.717) is 45.2 Å². The lowest BCUT2D eigenvalue weighted by molar-refractivity contribution is -0.00481. The summed E-state index contributed by atoms with van der Waals surface area (Å²) < 4.78 is 33.8. The van der Waals surface area contributed by atoms with Gasteiger partial charge in [-0.1, -0.05) is 6.92 Å². The van der Waals surface area contributed by atoms with Crippen molar-refractivity contribution in [3.05, 3.63) is 0 Å². The summed E-state index contributed by atoms with van der Waals surface area (Å²) in [5.74, 6) is 0.472. The Morgan fingerprint density at radius 1 is 1.21 bits per heavy atom. The van der Waals surface area contributed by atoms with Gasteiger partial charge in [0.15, 0.2) is 0 Å². The molecule has 0 spiro atoms. The number of hydrogen-bond donors (Lipinski definition) is 1. The van der Waals surface area contributed by atoms with E-state index in [-0.39, 0.29) is 6.10 Å². The van der Waals surface area contributed by atoms with E-state index in [1.807, 2.05) is 6.92 Å². The normalized spacial score (nSPS) is 28.6. The second-order valence-corrected chi connectivity index (χ2v) is 7.27. The number of ether oxygens (including phenoxy) is 1. The van der Waals surface area contributed by atoms with Crippen molar-refractivity contribution >= 4 is 10.2 Å². The molecule has 0 radical (unpaired) electrons. The fraction of sp³-hybridized carbons (Fsp3) is 1.00. The average molecular weight is 291 g/mol. The molecule has 2 aliphatic heterocycles. The van der Waals surface area contributed by atoms with E-state index in [1.165, 1.54) is 0 Å². The van der Waals surface area contributed by atoms with E-state index >= 15 is 0 Å². The van der Waals surface area contributed by atoms with Gasteiger partial charge in [-0.2, -0.15) is 17.0 Å². The zero-order valence-electron chi connectivity index (χ0n) is 11.6. The van der Waals surface area contributed by atoms with Gasteiger partial charge in [0.25, 0.3) is 10.2 Å². The van der Waals surface area contributed by atoms with Gasteiger partial charge < -0.3 is 10.5 Å². The Morgan fingerprint density at radius 3 is 2.47 bits per heavy atom. The van der Waals surface area contributed by atoms with E-state index in [0.717, 1.165) is 19.3 Å². The van der Waals surface area contributed by atoms with Crippen molar-refractivity contribution in [3.63, 3.8) is 0 Å². The van der Waals surface area contributed by atoms with Crippen LogP contribution in [0.3, 0.4) is 0 Å². The highest BCUT2D eigenvalue weighted by molar-refractivity contribution is 7.86. The lowest BCUT2D eigenvalue weighted by atomic mass is 9.99. The summed E-state index contributed by atoms with van der Waals surface area (Å²) in [6.07, 6.45) is 2.63. The minimum Gasteiger partial charge on any atom is -0.375 e. The third kappa shape index (κ3) is 3.46. The minimum absolute atomic E-state index is 0.0325.